The van der Waals surface area contributed by atoms with E-state index in [0.717, 1.165) is 18.4 Å². The Bertz CT molecular complexity index is 826. The van der Waals surface area contributed by atoms with Crippen molar-refractivity contribution < 1.29 is 19.1 Å². The number of carbonyl (C=O) groups excluding carboxylic acids is 2. The Morgan fingerprint density at radius 3 is 2.53 bits per heavy atom. The molecule has 1 atom stereocenters. The summed E-state index contributed by atoms with van der Waals surface area (Å²) in [5.74, 6) is 0.753. The number of halogens is 1. The third kappa shape index (κ3) is 7.26. The first-order chi connectivity index (χ1) is 14.4. The Morgan fingerprint density at radius 1 is 1.13 bits per heavy atom. The average Bonchev–Trinajstić information content (AvgIpc) is 2.76. The molecule has 1 N–H and O–H groups in total. The van der Waals surface area contributed by atoms with Crippen LogP contribution in [-0.4, -0.2) is 43.0 Å². The molecule has 2 rings (SSSR count). The molecule has 0 aliphatic carbocycles. The molecule has 0 aliphatic heterocycles. The number of carbonyl (C=O) groups is 2. The van der Waals surface area contributed by atoms with Gasteiger partial charge in [0.15, 0.2) is 6.61 Å². The fourth-order valence-corrected chi connectivity index (χ4v) is 2.97. The second-order valence-electron chi connectivity index (χ2n) is 6.94. The highest BCUT2D eigenvalue weighted by Gasteiger charge is 2.26. The lowest BCUT2D eigenvalue weighted by atomic mass is 10.1. The highest BCUT2D eigenvalue weighted by Crippen LogP contribution is 2.18. The Labute approximate surface area is 183 Å². The molecule has 162 valence electrons. The number of benzene rings is 2. The summed E-state index contributed by atoms with van der Waals surface area (Å²) in [5, 5.41) is 3.48. The molecule has 0 heterocycles. The van der Waals surface area contributed by atoms with E-state index in [1.165, 1.54) is 4.90 Å². The summed E-state index contributed by atoms with van der Waals surface area (Å²) in [6.45, 7) is 4.45. The average molecular weight is 433 g/mol. The van der Waals surface area contributed by atoms with E-state index in [4.69, 9.17) is 21.1 Å². The van der Waals surface area contributed by atoms with Crippen molar-refractivity contribution >= 4 is 23.4 Å². The van der Waals surface area contributed by atoms with Crippen molar-refractivity contribution in [2.24, 2.45) is 0 Å². The third-order valence-electron chi connectivity index (χ3n) is 4.66. The molecule has 0 saturated heterocycles. The summed E-state index contributed by atoms with van der Waals surface area (Å²) in [5.41, 5.74) is 0.863. The van der Waals surface area contributed by atoms with E-state index in [9.17, 15) is 9.59 Å². The number of hydrogen-bond acceptors (Lipinski definition) is 4. The zero-order chi connectivity index (χ0) is 21.9. The Balaban J connectivity index is 2.12. The van der Waals surface area contributed by atoms with Gasteiger partial charge in [0, 0.05) is 18.1 Å². The fourth-order valence-electron chi connectivity index (χ4n) is 2.85. The molecule has 0 saturated carbocycles. The number of nitrogens with zero attached hydrogens (tertiary/aromatic N) is 1. The molecule has 0 radical (unpaired) electrons. The van der Waals surface area contributed by atoms with Crippen LogP contribution in [0.3, 0.4) is 0 Å². The molecule has 30 heavy (non-hydrogen) atoms. The van der Waals surface area contributed by atoms with Crippen molar-refractivity contribution in [3.63, 3.8) is 0 Å². The first kappa shape index (κ1) is 23.5. The van der Waals surface area contributed by atoms with Gasteiger partial charge in [0.25, 0.3) is 5.91 Å². The van der Waals surface area contributed by atoms with E-state index in [2.05, 4.69) is 12.2 Å². The van der Waals surface area contributed by atoms with Crippen molar-refractivity contribution in [1.29, 1.82) is 0 Å². The minimum absolute atomic E-state index is 0.182. The lowest BCUT2D eigenvalue weighted by Crippen LogP contribution is -2.49. The van der Waals surface area contributed by atoms with E-state index in [1.807, 2.05) is 24.3 Å². The van der Waals surface area contributed by atoms with Crippen LogP contribution in [0, 0.1) is 0 Å². The first-order valence-corrected chi connectivity index (χ1v) is 10.4. The van der Waals surface area contributed by atoms with E-state index < -0.39 is 6.04 Å². The standard InChI is InChI=1S/C23H29ClN2O4/c1-4-5-13-25-23(28)17(2)26(15-18-7-6-8-21(14-18)29-3)22(27)16-30-20-11-9-19(24)10-12-20/h6-12,14,17H,4-5,13,15-16H2,1-3H3,(H,25,28)/t17-/m0/s1. The second-order valence-corrected chi connectivity index (χ2v) is 7.37. The number of rotatable bonds is 11. The maximum absolute atomic E-state index is 13.0. The van der Waals surface area contributed by atoms with E-state index in [0.29, 0.717) is 23.1 Å². The molecule has 2 aromatic rings. The van der Waals surface area contributed by atoms with Crippen LogP contribution in [0.15, 0.2) is 48.5 Å². The number of methoxy groups -OCH3 is 1. The predicted octanol–water partition coefficient (Wildman–Crippen LogP) is 4.06. The van der Waals surface area contributed by atoms with Gasteiger partial charge in [0.2, 0.25) is 5.91 Å². The number of nitrogens with one attached hydrogen (secondary N) is 1. The van der Waals surface area contributed by atoms with Crippen molar-refractivity contribution in [1.82, 2.24) is 10.2 Å². The van der Waals surface area contributed by atoms with Gasteiger partial charge in [0.05, 0.1) is 7.11 Å². The first-order valence-electron chi connectivity index (χ1n) is 10.0. The predicted molar refractivity (Wildman–Crippen MR) is 118 cm³/mol. The van der Waals surface area contributed by atoms with E-state index in [1.54, 1.807) is 38.3 Å². The van der Waals surface area contributed by atoms with Gasteiger partial charge in [-0.05, 0) is 55.3 Å². The monoisotopic (exact) mass is 432 g/mol. The molecule has 0 bridgehead atoms. The van der Waals surface area contributed by atoms with Crippen LogP contribution in [0.1, 0.15) is 32.3 Å². The highest BCUT2D eigenvalue weighted by molar-refractivity contribution is 6.30. The van der Waals surface area contributed by atoms with Crippen LogP contribution in [0.2, 0.25) is 5.02 Å². The van der Waals surface area contributed by atoms with Gasteiger partial charge >= 0.3 is 0 Å². The fraction of sp³-hybridized carbons (Fsp3) is 0.391. The molecule has 0 unspecified atom stereocenters. The molecular formula is C23H29ClN2O4. The summed E-state index contributed by atoms with van der Waals surface area (Å²) >= 11 is 5.88. The van der Waals surface area contributed by atoms with Gasteiger partial charge in [-0.2, -0.15) is 0 Å². The smallest absolute Gasteiger partial charge is 0.261 e. The van der Waals surface area contributed by atoms with Crippen molar-refractivity contribution in [3.8, 4) is 11.5 Å². The molecule has 0 aromatic heterocycles. The lowest BCUT2D eigenvalue weighted by molar-refractivity contribution is -0.142. The summed E-state index contributed by atoms with van der Waals surface area (Å²) in [6, 6.07) is 13.6. The van der Waals surface area contributed by atoms with Gasteiger partial charge in [-0.15, -0.1) is 0 Å². The van der Waals surface area contributed by atoms with Crippen molar-refractivity contribution in [3.05, 3.63) is 59.1 Å². The minimum atomic E-state index is -0.644. The number of amides is 2. The maximum atomic E-state index is 13.0. The molecule has 0 spiro atoms. The number of hydrogen-bond donors (Lipinski definition) is 1. The maximum Gasteiger partial charge on any atom is 0.261 e. The minimum Gasteiger partial charge on any atom is -0.497 e. The Morgan fingerprint density at radius 2 is 1.87 bits per heavy atom. The van der Waals surface area contributed by atoms with Gasteiger partial charge < -0.3 is 19.7 Å². The summed E-state index contributed by atoms with van der Waals surface area (Å²) < 4.78 is 10.9. The molecule has 6 nitrogen and oxygen atoms in total. The van der Waals surface area contributed by atoms with Gasteiger partial charge in [0.1, 0.15) is 17.5 Å². The molecule has 0 fully saturated rings. The van der Waals surface area contributed by atoms with Crippen molar-refractivity contribution in [2.75, 3.05) is 20.3 Å². The van der Waals surface area contributed by atoms with Gasteiger partial charge in [-0.1, -0.05) is 37.1 Å². The Hall–Kier alpha value is -2.73. The molecule has 7 heteroatoms. The van der Waals surface area contributed by atoms with Crippen LogP contribution in [0.5, 0.6) is 11.5 Å². The Kier molecular flexibility index (Phi) is 9.48. The zero-order valence-electron chi connectivity index (χ0n) is 17.7. The zero-order valence-corrected chi connectivity index (χ0v) is 18.4. The lowest BCUT2D eigenvalue weighted by Gasteiger charge is -2.29. The number of ether oxygens (including phenoxy) is 2. The van der Waals surface area contributed by atoms with Crippen LogP contribution in [0.25, 0.3) is 0 Å². The molecular weight excluding hydrogens is 404 g/mol. The van der Waals surface area contributed by atoms with Crippen LogP contribution >= 0.6 is 11.6 Å². The second kappa shape index (κ2) is 12.1. The number of unbranched alkanes of at least 4 members (excludes halogenated alkanes) is 1. The quantitative estimate of drug-likeness (QED) is 0.544. The normalized spacial score (nSPS) is 11.5. The summed E-state index contributed by atoms with van der Waals surface area (Å²) in [4.78, 5) is 27.1. The van der Waals surface area contributed by atoms with E-state index in [-0.39, 0.29) is 25.0 Å². The molecule has 0 aliphatic rings. The van der Waals surface area contributed by atoms with Crippen LogP contribution in [-0.2, 0) is 16.1 Å². The highest BCUT2D eigenvalue weighted by atomic mass is 35.5. The van der Waals surface area contributed by atoms with Crippen LogP contribution in [0.4, 0.5) is 0 Å². The van der Waals surface area contributed by atoms with Crippen LogP contribution < -0.4 is 14.8 Å². The van der Waals surface area contributed by atoms with Gasteiger partial charge in [-0.3, -0.25) is 9.59 Å². The third-order valence-corrected chi connectivity index (χ3v) is 4.91. The largest absolute Gasteiger partial charge is 0.497 e. The summed E-state index contributed by atoms with van der Waals surface area (Å²) in [6.07, 6.45) is 1.87. The SMILES string of the molecule is CCCCNC(=O)[C@H](C)N(Cc1cccc(OC)c1)C(=O)COc1ccc(Cl)cc1. The molecule has 2 aromatic carbocycles. The van der Waals surface area contributed by atoms with E-state index >= 15 is 0 Å². The summed E-state index contributed by atoms with van der Waals surface area (Å²) in [7, 11) is 1.59. The topological polar surface area (TPSA) is 67.9 Å². The molecule has 2 amide bonds. The van der Waals surface area contributed by atoms with Gasteiger partial charge in [-0.25, -0.2) is 0 Å². The van der Waals surface area contributed by atoms with Crippen molar-refractivity contribution in [2.45, 2.75) is 39.3 Å².